The van der Waals surface area contributed by atoms with Gasteiger partial charge in [0.2, 0.25) is 0 Å². The molecule has 0 radical (unpaired) electrons. The second kappa shape index (κ2) is 6.61. The Morgan fingerprint density at radius 1 is 1.19 bits per heavy atom. The van der Waals surface area contributed by atoms with Crippen LogP contribution in [0.5, 0.6) is 0 Å². The minimum Gasteiger partial charge on any atom is -0.256 e. The molecule has 0 saturated carbocycles. The maximum absolute atomic E-state index is 4.44. The highest BCUT2D eigenvalue weighted by Crippen LogP contribution is 2.31. The summed E-state index contributed by atoms with van der Waals surface area (Å²) in [7, 11) is 0. The normalized spacial score (nSPS) is 9.81. The van der Waals surface area contributed by atoms with Crippen LogP contribution < -0.4 is 0 Å². The molecule has 0 unspecified atom stereocenters. The van der Waals surface area contributed by atoms with Gasteiger partial charge < -0.3 is 0 Å². The lowest BCUT2D eigenvalue weighted by Gasteiger charge is -2.02. The van der Waals surface area contributed by atoms with Gasteiger partial charge in [0.05, 0.1) is 11.7 Å². The zero-order valence-corrected chi connectivity index (χ0v) is 12.3. The van der Waals surface area contributed by atoms with Gasteiger partial charge >= 0.3 is 0 Å². The number of hydrogen-bond acceptors (Lipinski definition) is 3. The largest absolute Gasteiger partial charge is 0.256 e. The zero-order valence-electron chi connectivity index (χ0n) is 12.3. The molecule has 21 heavy (non-hydrogen) atoms. The molecule has 1 aromatic carbocycles. The van der Waals surface area contributed by atoms with Crippen LogP contribution in [0, 0.1) is 0 Å². The van der Waals surface area contributed by atoms with Crippen molar-refractivity contribution in [3.05, 3.63) is 49.3 Å². The number of benzene rings is 1. The molecule has 0 aliphatic carbocycles. The first kappa shape index (κ1) is 14.7. The Balaban J connectivity index is 0.000000774. The Hall–Kier alpha value is -2.75. The van der Waals surface area contributed by atoms with Gasteiger partial charge in [-0.25, -0.2) is 9.67 Å². The lowest BCUT2D eigenvalue weighted by Crippen LogP contribution is -1.86. The van der Waals surface area contributed by atoms with E-state index >= 15 is 0 Å². The number of hydrogen-bond donors (Lipinski definition) is 0. The Kier molecular flexibility index (Phi) is 4.61. The molecule has 0 spiro atoms. The molecular formula is C17H18N4. The third-order valence-corrected chi connectivity index (χ3v) is 2.99. The van der Waals surface area contributed by atoms with Gasteiger partial charge in [-0.3, -0.25) is 4.98 Å². The second-order valence-corrected chi connectivity index (χ2v) is 4.08. The first-order valence-corrected chi connectivity index (χ1v) is 6.85. The first-order valence-electron chi connectivity index (χ1n) is 6.85. The predicted octanol–water partition coefficient (Wildman–Crippen LogP) is 4.56. The molecule has 0 fully saturated rings. The van der Waals surface area contributed by atoms with Gasteiger partial charge in [0, 0.05) is 28.9 Å². The number of nitrogens with zero attached hydrogens (tertiary/aromatic N) is 4. The minimum atomic E-state index is 0.673. The van der Waals surface area contributed by atoms with Crippen molar-refractivity contribution in [2.45, 2.75) is 13.8 Å². The van der Waals surface area contributed by atoms with E-state index in [2.05, 4.69) is 34.4 Å². The van der Waals surface area contributed by atoms with Crippen LogP contribution in [0.1, 0.15) is 13.8 Å². The van der Waals surface area contributed by atoms with E-state index in [0.29, 0.717) is 5.82 Å². The fraction of sp³-hybridized carbons (Fsp3) is 0.118. The Bertz CT molecular complexity index is 771. The lowest BCUT2D eigenvalue weighted by molar-refractivity contribution is 0.936. The van der Waals surface area contributed by atoms with Crippen molar-refractivity contribution in [3.63, 3.8) is 0 Å². The molecule has 0 saturated heterocycles. The maximum atomic E-state index is 4.44. The quantitative estimate of drug-likeness (QED) is 0.659. The number of rotatable bonds is 3. The van der Waals surface area contributed by atoms with Crippen molar-refractivity contribution in [2.75, 3.05) is 0 Å². The third-order valence-electron chi connectivity index (χ3n) is 2.99. The molecule has 106 valence electrons. The Morgan fingerprint density at radius 2 is 1.95 bits per heavy atom. The number of fused-ring (bicyclic) bond motifs is 1. The van der Waals surface area contributed by atoms with Gasteiger partial charge in [0.15, 0.2) is 5.82 Å². The van der Waals surface area contributed by atoms with E-state index in [1.165, 1.54) is 0 Å². The molecule has 3 rings (SSSR count). The smallest absolute Gasteiger partial charge is 0.162 e. The van der Waals surface area contributed by atoms with Crippen molar-refractivity contribution in [3.8, 4) is 11.1 Å². The van der Waals surface area contributed by atoms with Gasteiger partial charge in [-0.1, -0.05) is 38.6 Å². The summed E-state index contributed by atoms with van der Waals surface area (Å²) in [4.78, 5) is 8.45. The standard InChI is InChI=1S/C15H12N4.C2H6/c1-3-19-15(16-2)13(10-18-19)12-8-11-6-4-5-7-14(11)17-9-12;1-2/h3-10H,1-2H2;1-2H3. The van der Waals surface area contributed by atoms with E-state index < -0.39 is 0 Å². The molecule has 4 heteroatoms. The maximum Gasteiger partial charge on any atom is 0.162 e. The fourth-order valence-corrected chi connectivity index (χ4v) is 2.07. The third kappa shape index (κ3) is 2.74. The van der Waals surface area contributed by atoms with Gasteiger partial charge in [0.25, 0.3) is 0 Å². The summed E-state index contributed by atoms with van der Waals surface area (Å²) < 4.78 is 1.59. The number of aromatic nitrogens is 3. The topological polar surface area (TPSA) is 43.1 Å². The Morgan fingerprint density at radius 3 is 2.67 bits per heavy atom. The van der Waals surface area contributed by atoms with Gasteiger partial charge in [-0.2, -0.15) is 5.10 Å². The zero-order chi connectivity index (χ0) is 15.2. The fourth-order valence-electron chi connectivity index (χ4n) is 2.07. The summed E-state index contributed by atoms with van der Waals surface area (Å²) in [5, 5.41) is 5.28. The van der Waals surface area contributed by atoms with Crippen molar-refractivity contribution in [1.82, 2.24) is 14.8 Å². The molecule has 3 aromatic rings. The Labute approximate surface area is 124 Å². The summed E-state index contributed by atoms with van der Waals surface area (Å²) in [5.74, 6) is 0.673. The van der Waals surface area contributed by atoms with Crippen LogP contribution in [0.15, 0.2) is 54.3 Å². The van der Waals surface area contributed by atoms with E-state index in [1.54, 1.807) is 17.1 Å². The average molecular weight is 278 g/mol. The van der Waals surface area contributed by atoms with Crippen molar-refractivity contribution < 1.29 is 0 Å². The average Bonchev–Trinajstić information content (AvgIpc) is 2.99. The van der Waals surface area contributed by atoms with Crippen molar-refractivity contribution in [2.24, 2.45) is 4.99 Å². The van der Waals surface area contributed by atoms with E-state index in [0.717, 1.165) is 22.0 Å². The SMILES string of the molecule is C=Cn1ncc(-c2cnc3ccccc3c2)c1N=C.CC. The molecule has 2 heterocycles. The van der Waals surface area contributed by atoms with Gasteiger partial charge in [-0.15, -0.1) is 0 Å². The second-order valence-electron chi connectivity index (χ2n) is 4.08. The minimum absolute atomic E-state index is 0.673. The van der Waals surface area contributed by atoms with E-state index in [1.807, 2.05) is 44.3 Å². The molecular weight excluding hydrogens is 260 g/mol. The van der Waals surface area contributed by atoms with E-state index in [4.69, 9.17) is 0 Å². The van der Waals surface area contributed by atoms with Crippen molar-refractivity contribution in [1.29, 1.82) is 0 Å². The molecule has 0 N–H and O–H groups in total. The summed E-state index contributed by atoms with van der Waals surface area (Å²) in [6, 6.07) is 10.1. The lowest BCUT2D eigenvalue weighted by atomic mass is 10.1. The van der Waals surface area contributed by atoms with Crippen LogP contribution in [0.4, 0.5) is 5.82 Å². The number of aliphatic imine (C=N–C) groups is 1. The van der Waals surface area contributed by atoms with Crippen LogP contribution in [-0.2, 0) is 0 Å². The summed E-state index contributed by atoms with van der Waals surface area (Å²) in [5.41, 5.74) is 2.83. The number of pyridine rings is 1. The van der Waals surface area contributed by atoms with Crippen LogP contribution in [0.2, 0.25) is 0 Å². The molecule has 0 amide bonds. The predicted molar refractivity (Wildman–Crippen MR) is 89.9 cm³/mol. The molecule has 0 aliphatic heterocycles. The van der Waals surface area contributed by atoms with Crippen LogP contribution in [0.25, 0.3) is 28.2 Å². The van der Waals surface area contributed by atoms with Crippen LogP contribution >= 0.6 is 0 Å². The van der Waals surface area contributed by atoms with Gasteiger partial charge in [0.1, 0.15) is 0 Å². The van der Waals surface area contributed by atoms with Gasteiger partial charge in [-0.05, 0) is 18.9 Å². The highest BCUT2D eigenvalue weighted by Gasteiger charge is 2.10. The molecule has 4 nitrogen and oxygen atoms in total. The highest BCUT2D eigenvalue weighted by atomic mass is 15.3. The highest BCUT2D eigenvalue weighted by molar-refractivity contribution is 5.85. The molecule has 2 aromatic heterocycles. The molecule has 0 aliphatic rings. The molecule has 0 atom stereocenters. The van der Waals surface area contributed by atoms with Crippen LogP contribution in [-0.4, -0.2) is 21.5 Å². The van der Waals surface area contributed by atoms with Crippen molar-refractivity contribution >= 4 is 29.6 Å². The molecule has 0 bridgehead atoms. The summed E-state index contributed by atoms with van der Waals surface area (Å²) >= 11 is 0. The summed E-state index contributed by atoms with van der Waals surface area (Å²) in [6.45, 7) is 11.3. The number of para-hydroxylation sites is 1. The summed E-state index contributed by atoms with van der Waals surface area (Å²) in [6.07, 6.45) is 5.17. The van der Waals surface area contributed by atoms with E-state index in [9.17, 15) is 0 Å². The van der Waals surface area contributed by atoms with Crippen LogP contribution in [0.3, 0.4) is 0 Å². The first-order chi connectivity index (χ1) is 10.3. The monoisotopic (exact) mass is 278 g/mol. The van der Waals surface area contributed by atoms with E-state index in [-0.39, 0.29) is 0 Å².